The van der Waals surface area contributed by atoms with E-state index in [0.717, 1.165) is 0 Å². The molecule has 0 radical (unpaired) electrons. The second-order valence-electron chi connectivity index (χ2n) is 8.27. The maximum Gasteiger partial charge on any atom is 0.326 e. The molecular formula is C27H31ClN2O8S. The molecule has 3 unspecified atom stereocenters. The number of aromatic nitrogens is 1. The van der Waals surface area contributed by atoms with Gasteiger partial charge in [-0.05, 0) is 54.4 Å². The van der Waals surface area contributed by atoms with Gasteiger partial charge in [0.25, 0.3) is 5.91 Å². The molecule has 0 bridgehead atoms. The van der Waals surface area contributed by atoms with Gasteiger partial charge >= 0.3 is 11.9 Å². The number of nitrogens with one attached hydrogen (secondary N) is 1. The van der Waals surface area contributed by atoms with Crippen molar-refractivity contribution in [3.63, 3.8) is 0 Å². The monoisotopic (exact) mass is 578 g/mol. The van der Waals surface area contributed by atoms with Gasteiger partial charge in [0.15, 0.2) is 0 Å². The first-order valence-corrected chi connectivity index (χ1v) is 14.2. The number of benzene rings is 2. The minimum Gasteiger partial charge on any atom is -0.497 e. The van der Waals surface area contributed by atoms with E-state index in [4.69, 9.17) is 16.3 Å². The third-order valence-corrected chi connectivity index (χ3v) is 6.81. The molecule has 2 aromatic carbocycles. The van der Waals surface area contributed by atoms with Crippen LogP contribution in [0.4, 0.5) is 0 Å². The van der Waals surface area contributed by atoms with Gasteiger partial charge in [0.05, 0.1) is 18.5 Å². The van der Waals surface area contributed by atoms with E-state index in [9.17, 15) is 33.6 Å². The Kier molecular flexibility index (Phi) is 11.7. The maximum atomic E-state index is 13.3. The largest absolute Gasteiger partial charge is 0.497 e. The summed E-state index contributed by atoms with van der Waals surface area (Å²) >= 11 is 5.92. The van der Waals surface area contributed by atoms with Crippen LogP contribution in [0.2, 0.25) is 5.02 Å². The summed E-state index contributed by atoms with van der Waals surface area (Å²) in [6.45, 7) is 4.00. The van der Waals surface area contributed by atoms with Crippen LogP contribution in [0.3, 0.4) is 0 Å². The van der Waals surface area contributed by atoms with Crippen LogP contribution in [0, 0.1) is 0 Å². The second kappa shape index (κ2) is 14.5. The SMILES string of the molecule is CC.COc1ccc2c(c1)c(C(CC(=O)NC(CCS(C)=O)C(=O)O)C(=O)O)cn2C(=O)c1ccc(Cl)cc1. The first-order valence-electron chi connectivity index (χ1n) is 12.1. The lowest BCUT2D eigenvalue weighted by Gasteiger charge is -2.16. The van der Waals surface area contributed by atoms with Gasteiger partial charge in [-0.2, -0.15) is 0 Å². The van der Waals surface area contributed by atoms with Crippen molar-refractivity contribution in [1.29, 1.82) is 0 Å². The summed E-state index contributed by atoms with van der Waals surface area (Å²) in [6.07, 6.45) is 2.12. The summed E-state index contributed by atoms with van der Waals surface area (Å²) < 4.78 is 17.9. The Morgan fingerprint density at radius 1 is 1.05 bits per heavy atom. The molecule has 0 spiro atoms. The smallest absolute Gasteiger partial charge is 0.326 e. The molecule has 1 heterocycles. The minimum atomic E-state index is -1.40. The van der Waals surface area contributed by atoms with Crippen LogP contribution in [0.1, 0.15) is 48.5 Å². The molecule has 0 aliphatic carbocycles. The molecule has 0 saturated carbocycles. The third-order valence-electron chi connectivity index (χ3n) is 5.74. The number of amides is 1. The Hall–Kier alpha value is -3.70. The molecule has 10 nitrogen and oxygen atoms in total. The number of carboxylic acid groups (broad SMARTS) is 2. The van der Waals surface area contributed by atoms with Gasteiger partial charge < -0.3 is 20.3 Å². The standard InChI is InChI=1S/C25H25ClN2O8S.C2H6/c1-36-16-7-8-21-17(11-16)19(13-28(21)23(30)14-3-5-15(26)6-4-14)18(24(31)32)12-22(29)27-20(25(33)34)9-10-37(2)35;1-2/h3-8,11,13,18,20H,9-10,12H2,1-2H3,(H,27,29)(H,31,32)(H,33,34);1-2H3. The number of rotatable bonds is 11. The summed E-state index contributed by atoms with van der Waals surface area (Å²) in [5, 5.41) is 22.5. The van der Waals surface area contributed by atoms with E-state index in [1.54, 1.807) is 30.3 Å². The quantitative estimate of drug-likeness (QED) is 0.310. The third kappa shape index (κ3) is 8.14. The Morgan fingerprint density at radius 2 is 1.69 bits per heavy atom. The number of fused-ring (bicyclic) bond motifs is 1. The zero-order chi connectivity index (χ0) is 29.3. The molecule has 0 saturated heterocycles. The molecule has 3 N–H and O–H groups in total. The molecule has 1 amide bonds. The van der Waals surface area contributed by atoms with Crippen LogP contribution in [-0.2, 0) is 25.2 Å². The van der Waals surface area contributed by atoms with E-state index in [-0.39, 0.29) is 17.7 Å². The fourth-order valence-electron chi connectivity index (χ4n) is 3.85. The topological polar surface area (TPSA) is 152 Å². The van der Waals surface area contributed by atoms with E-state index in [2.05, 4.69) is 5.32 Å². The van der Waals surface area contributed by atoms with Crippen molar-refractivity contribution in [2.45, 2.75) is 38.6 Å². The summed E-state index contributed by atoms with van der Waals surface area (Å²) in [4.78, 5) is 49.8. The number of methoxy groups -OCH3 is 1. The average molecular weight is 579 g/mol. The fourth-order valence-corrected chi connectivity index (χ4v) is 4.54. The van der Waals surface area contributed by atoms with Crippen LogP contribution in [0.5, 0.6) is 5.75 Å². The van der Waals surface area contributed by atoms with Crippen molar-refractivity contribution >= 4 is 57.1 Å². The number of nitrogens with zero attached hydrogens (tertiary/aromatic N) is 1. The summed E-state index contributed by atoms with van der Waals surface area (Å²) in [5.41, 5.74) is 0.891. The van der Waals surface area contributed by atoms with Crippen molar-refractivity contribution in [1.82, 2.24) is 9.88 Å². The predicted octanol–water partition coefficient (Wildman–Crippen LogP) is 3.91. The van der Waals surface area contributed by atoms with Crippen LogP contribution in [0.25, 0.3) is 10.9 Å². The van der Waals surface area contributed by atoms with E-state index in [1.807, 2.05) is 13.8 Å². The molecule has 3 aromatic rings. The van der Waals surface area contributed by atoms with Gasteiger partial charge in [0.1, 0.15) is 11.8 Å². The van der Waals surface area contributed by atoms with E-state index >= 15 is 0 Å². The van der Waals surface area contributed by atoms with Gasteiger partial charge in [0, 0.05) is 51.4 Å². The highest BCUT2D eigenvalue weighted by Gasteiger charge is 2.30. The number of halogens is 1. The summed E-state index contributed by atoms with van der Waals surface area (Å²) in [6, 6.07) is 9.67. The molecule has 39 heavy (non-hydrogen) atoms. The Balaban J connectivity index is 0.00000260. The number of hydrogen-bond acceptors (Lipinski definition) is 6. The second-order valence-corrected chi connectivity index (χ2v) is 10.3. The van der Waals surface area contributed by atoms with E-state index < -0.39 is 52.9 Å². The first kappa shape index (κ1) is 31.5. The molecule has 3 rings (SSSR count). The Labute approximate surface area is 233 Å². The Morgan fingerprint density at radius 3 is 2.23 bits per heavy atom. The zero-order valence-electron chi connectivity index (χ0n) is 22.0. The normalized spacial score (nSPS) is 12.9. The highest BCUT2D eigenvalue weighted by Crippen LogP contribution is 2.33. The summed E-state index contributed by atoms with van der Waals surface area (Å²) in [7, 11) is 0.173. The number of aliphatic carboxylic acids is 2. The number of ether oxygens (including phenoxy) is 1. The van der Waals surface area contributed by atoms with Gasteiger partial charge in [-0.15, -0.1) is 0 Å². The number of carbonyl (C=O) groups excluding carboxylic acids is 2. The van der Waals surface area contributed by atoms with Gasteiger partial charge in [-0.1, -0.05) is 25.4 Å². The number of carboxylic acids is 2. The lowest BCUT2D eigenvalue weighted by Crippen LogP contribution is -2.42. The molecule has 0 aliphatic heterocycles. The molecule has 3 atom stereocenters. The first-order chi connectivity index (χ1) is 18.5. The highest BCUT2D eigenvalue weighted by molar-refractivity contribution is 7.84. The fraction of sp³-hybridized carbons (Fsp3) is 0.333. The van der Waals surface area contributed by atoms with E-state index in [1.165, 1.54) is 36.3 Å². The molecule has 0 aliphatic rings. The van der Waals surface area contributed by atoms with Gasteiger partial charge in [-0.3, -0.25) is 23.2 Å². The summed E-state index contributed by atoms with van der Waals surface area (Å²) in [5.74, 6) is -4.83. The highest BCUT2D eigenvalue weighted by atomic mass is 35.5. The minimum absolute atomic E-state index is 0.0553. The molecule has 0 fully saturated rings. The van der Waals surface area contributed by atoms with Crippen LogP contribution < -0.4 is 10.1 Å². The van der Waals surface area contributed by atoms with Crippen LogP contribution in [0.15, 0.2) is 48.7 Å². The predicted molar refractivity (Wildman–Crippen MR) is 149 cm³/mol. The maximum absolute atomic E-state index is 13.3. The van der Waals surface area contributed by atoms with Gasteiger partial charge in [-0.25, -0.2) is 4.79 Å². The van der Waals surface area contributed by atoms with E-state index in [0.29, 0.717) is 27.2 Å². The lowest BCUT2D eigenvalue weighted by molar-refractivity contribution is -0.143. The molecule has 12 heteroatoms. The molecular weight excluding hydrogens is 548 g/mol. The van der Waals surface area contributed by atoms with Crippen LogP contribution >= 0.6 is 11.6 Å². The zero-order valence-corrected chi connectivity index (χ0v) is 23.5. The lowest BCUT2D eigenvalue weighted by atomic mass is 9.94. The van der Waals surface area contributed by atoms with Crippen LogP contribution in [-0.4, -0.2) is 67.9 Å². The van der Waals surface area contributed by atoms with Crippen molar-refractivity contribution in [3.05, 3.63) is 64.8 Å². The molecule has 210 valence electrons. The number of carbonyl (C=O) groups is 4. The number of hydrogen-bond donors (Lipinski definition) is 3. The van der Waals surface area contributed by atoms with Gasteiger partial charge in [0.2, 0.25) is 5.91 Å². The average Bonchev–Trinajstić information content (AvgIpc) is 3.28. The van der Waals surface area contributed by atoms with Crippen molar-refractivity contribution in [2.75, 3.05) is 19.1 Å². The Bertz CT molecular complexity index is 1370. The van der Waals surface area contributed by atoms with Crippen molar-refractivity contribution in [3.8, 4) is 5.75 Å². The molecule has 1 aromatic heterocycles. The van der Waals surface area contributed by atoms with Crippen molar-refractivity contribution in [2.24, 2.45) is 0 Å². The van der Waals surface area contributed by atoms with Crippen molar-refractivity contribution < 1.29 is 38.3 Å².